The van der Waals surface area contributed by atoms with Crippen LogP contribution in [-0.2, 0) is 0 Å². The Morgan fingerprint density at radius 3 is 2.42 bits per heavy atom. The van der Waals surface area contributed by atoms with E-state index in [2.05, 4.69) is 15.5 Å². The van der Waals surface area contributed by atoms with Crippen LogP contribution in [0.4, 0.5) is 11.5 Å². The van der Waals surface area contributed by atoms with Crippen molar-refractivity contribution >= 4 is 17.4 Å². The maximum atomic E-state index is 12.4. The molecule has 98 valence electrons. The van der Waals surface area contributed by atoms with Gasteiger partial charge in [-0.15, -0.1) is 10.2 Å². The van der Waals surface area contributed by atoms with Crippen LogP contribution >= 0.6 is 0 Å². The topological polar surface area (TPSA) is 58.1 Å². The van der Waals surface area contributed by atoms with Gasteiger partial charge in [-0.05, 0) is 31.2 Å². The van der Waals surface area contributed by atoms with Crippen LogP contribution in [0, 0.1) is 0 Å². The second kappa shape index (κ2) is 5.95. The monoisotopic (exact) mass is 256 g/mol. The fourth-order valence-corrected chi connectivity index (χ4v) is 1.77. The van der Waals surface area contributed by atoms with Crippen LogP contribution < -0.4 is 10.2 Å². The number of hydrogen-bond acceptors (Lipinski definition) is 4. The number of nitrogens with one attached hydrogen (secondary N) is 1. The summed E-state index contributed by atoms with van der Waals surface area (Å²) in [6, 6.07) is 12.9. The lowest BCUT2D eigenvalue weighted by Crippen LogP contribution is -2.31. The standard InChI is InChI=1S/C14H16N4O/c1-3-18(11-7-5-4-6-8-11)14(19)12-9-10-13(15-2)17-16-12/h4-10H,3H2,1-2H3,(H,15,17). The molecular formula is C14H16N4O. The predicted octanol–water partition coefficient (Wildman–Crippen LogP) is 2.18. The highest BCUT2D eigenvalue weighted by molar-refractivity contribution is 6.04. The first-order valence-corrected chi connectivity index (χ1v) is 6.14. The summed E-state index contributed by atoms with van der Waals surface area (Å²) < 4.78 is 0. The van der Waals surface area contributed by atoms with Crippen molar-refractivity contribution in [2.45, 2.75) is 6.92 Å². The minimum Gasteiger partial charge on any atom is -0.372 e. The summed E-state index contributed by atoms with van der Waals surface area (Å²) >= 11 is 0. The molecule has 2 rings (SSSR count). The number of anilines is 2. The zero-order chi connectivity index (χ0) is 13.7. The summed E-state index contributed by atoms with van der Waals surface area (Å²) in [6.07, 6.45) is 0. The van der Waals surface area contributed by atoms with Crippen molar-refractivity contribution in [2.24, 2.45) is 0 Å². The van der Waals surface area contributed by atoms with E-state index in [-0.39, 0.29) is 5.91 Å². The van der Waals surface area contributed by atoms with Crippen LogP contribution in [0.25, 0.3) is 0 Å². The summed E-state index contributed by atoms with van der Waals surface area (Å²) in [6.45, 7) is 2.51. The van der Waals surface area contributed by atoms with Gasteiger partial charge in [0.1, 0.15) is 5.82 Å². The van der Waals surface area contributed by atoms with E-state index >= 15 is 0 Å². The minimum absolute atomic E-state index is 0.149. The molecule has 1 heterocycles. The Hall–Kier alpha value is -2.43. The third-order valence-electron chi connectivity index (χ3n) is 2.77. The molecular weight excluding hydrogens is 240 g/mol. The molecule has 5 nitrogen and oxygen atoms in total. The van der Waals surface area contributed by atoms with Gasteiger partial charge >= 0.3 is 0 Å². The van der Waals surface area contributed by atoms with E-state index in [1.807, 2.05) is 37.3 Å². The largest absolute Gasteiger partial charge is 0.372 e. The number of benzene rings is 1. The molecule has 2 aromatic rings. The summed E-state index contributed by atoms with van der Waals surface area (Å²) in [5, 5.41) is 10.7. The van der Waals surface area contributed by atoms with Crippen LogP contribution in [0.15, 0.2) is 42.5 Å². The lowest BCUT2D eigenvalue weighted by atomic mass is 10.2. The molecule has 0 saturated heterocycles. The van der Waals surface area contributed by atoms with Gasteiger partial charge < -0.3 is 10.2 Å². The Morgan fingerprint density at radius 2 is 1.89 bits per heavy atom. The maximum Gasteiger partial charge on any atom is 0.278 e. The van der Waals surface area contributed by atoms with Crippen LogP contribution in [0.1, 0.15) is 17.4 Å². The first kappa shape index (κ1) is 13.0. The number of aromatic nitrogens is 2. The van der Waals surface area contributed by atoms with Gasteiger partial charge in [0.05, 0.1) is 0 Å². The highest BCUT2D eigenvalue weighted by Crippen LogP contribution is 2.15. The van der Waals surface area contributed by atoms with Gasteiger partial charge in [0.25, 0.3) is 5.91 Å². The number of nitrogens with zero attached hydrogens (tertiary/aromatic N) is 3. The molecule has 0 aliphatic rings. The molecule has 0 spiro atoms. The zero-order valence-electron chi connectivity index (χ0n) is 11.0. The lowest BCUT2D eigenvalue weighted by molar-refractivity contribution is 0.0982. The van der Waals surface area contributed by atoms with Crippen LogP contribution in [-0.4, -0.2) is 29.7 Å². The van der Waals surface area contributed by atoms with Crippen molar-refractivity contribution in [2.75, 3.05) is 23.8 Å². The molecule has 0 unspecified atom stereocenters. The highest BCUT2D eigenvalue weighted by atomic mass is 16.2. The second-order valence-corrected chi connectivity index (χ2v) is 3.94. The summed E-state index contributed by atoms with van der Waals surface area (Å²) in [5.41, 5.74) is 1.19. The quantitative estimate of drug-likeness (QED) is 0.911. The lowest BCUT2D eigenvalue weighted by Gasteiger charge is -2.20. The van der Waals surface area contributed by atoms with E-state index < -0.39 is 0 Å². The minimum atomic E-state index is -0.149. The smallest absolute Gasteiger partial charge is 0.278 e. The van der Waals surface area contributed by atoms with Crippen LogP contribution in [0.5, 0.6) is 0 Å². The van der Waals surface area contributed by atoms with Gasteiger partial charge in [-0.1, -0.05) is 18.2 Å². The first-order chi connectivity index (χ1) is 9.26. The molecule has 0 saturated carbocycles. The van der Waals surface area contributed by atoms with Gasteiger partial charge in [0, 0.05) is 19.3 Å². The highest BCUT2D eigenvalue weighted by Gasteiger charge is 2.17. The van der Waals surface area contributed by atoms with Gasteiger partial charge in [-0.2, -0.15) is 0 Å². The van der Waals surface area contributed by atoms with Crippen molar-refractivity contribution < 1.29 is 4.79 Å². The third kappa shape index (κ3) is 2.88. The van der Waals surface area contributed by atoms with Crippen molar-refractivity contribution in [1.82, 2.24) is 10.2 Å². The first-order valence-electron chi connectivity index (χ1n) is 6.14. The Kier molecular flexibility index (Phi) is 4.07. The van der Waals surface area contributed by atoms with Crippen molar-refractivity contribution in [3.63, 3.8) is 0 Å². The molecule has 5 heteroatoms. The Balaban J connectivity index is 2.25. The SMILES string of the molecule is CCN(C(=O)c1ccc(NC)nn1)c1ccccc1. The molecule has 1 aromatic heterocycles. The van der Waals surface area contributed by atoms with E-state index in [4.69, 9.17) is 0 Å². The van der Waals surface area contributed by atoms with Gasteiger partial charge in [-0.3, -0.25) is 4.79 Å². The van der Waals surface area contributed by atoms with Crippen molar-refractivity contribution in [3.8, 4) is 0 Å². The number of rotatable bonds is 4. The van der Waals surface area contributed by atoms with Gasteiger partial charge in [0.2, 0.25) is 0 Å². The Morgan fingerprint density at radius 1 is 1.16 bits per heavy atom. The maximum absolute atomic E-state index is 12.4. The summed E-state index contributed by atoms with van der Waals surface area (Å²) in [7, 11) is 1.76. The molecule has 0 fully saturated rings. The van der Waals surface area contributed by atoms with Crippen molar-refractivity contribution in [1.29, 1.82) is 0 Å². The average Bonchev–Trinajstić information content (AvgIpc) is 2.49. The fourth-order valence-electron chi connectivity index (χ4n) is 1.77. The van der Waals surface area contributed by atoms with E-state index in [0.29, 0.717) is 18.1 Å². The number of carbonyl (C=O) groups excluding carboxylic acids is 1. The molecule has 1 N–H and O–H groups in total. The van der Waals surface area contributed by atoms with Crippen molar-refractivity contribution in [3.05, 3.63) is 48.2 Å². The summed E-state index contributed by atoms with van der Waals surface area (Å²) in [4.78, 5) is 14.0. The molecule has 0 bridgehead atoms. The molecule has 0 atom stereocenters. The van der Waals surface area contributed by atoms with Crippen LogP contribution in [0.3, 0.4) is 0 Å². The molecule has 19 heavy (non-hydrogen) atoms. The van der Waals surface area contributed by atoms with E-state index in [0.717, 1.165) is 5.69 Å². The van der Waals surface area contributed by atoms with E-state index in [9.17, 15) is 4.79 Å². The summed E-state index contributed by atoms with van der Waals surface area (Å²) in [5.74, 6) is 0.489. The number of amides is 1. The van der Waals surface area contributed by atoms with E-state index in [1.54, 1.807) is 24.1 Å². The molecule has 0 aliphatic carbocycles. The predicted molar refractivity (Wildman–Crippen MR) is 75.4 cm³/mol. The molecule has 0 aliphatic heterocycles. The van der Waals surface area contributed by atoms with Gasteiger partial charge in [0.15, 0.2) is 5.69 Å². The fraction of sp³-hybridized carbons (Fsp3) is 0.214. The average molecular weight is 256 g/mol. The number of para-hydroxylation sites is 1. The Bertz CT molecular complexity index is 539. The van der Waals surface area contributed by atoms with E-state index in [1.165, 1.54) is 0 Å². The molecule has 0 radical (unpaired) electrons. The Labute approximate surface area is 112 Å². The zero-order valence-corrected chi connectivity index (χ0v) is 11.0. The normalized spacial score (nSPS) is 10.0. The number of carbonyl (C=O) groups is 1. The van der Waals surface area contributed by atoms with Crippen LogP contribution in [0.2, 0.25) is 0 Å². The van der Waals surface area contributed by atoms with Gasteiger partial charge in [-0.25, -0.2) is 0 Å². The second-order valence-electron chi connectivity index (χ2n) is 3.94. The third-order valence-corrected chi connectivity index (χ3v) is 2.77. The number of hydrogen-bond donors (Lipinski definition) is 1. The molecule has 1 aromatic carbocycles. The molecule has 1 amide bonds.